The van der Waals surface area contributed by atoms with E-state index in [0.29, 0.717) is 42.9 Å². The van der Waals surface area contributed by atoms with Gasteiger partial charge in [0.25, 0.3) is 0 Å². The highest BCUT2D eigenvalue weighted by Crippen LogP contribution is 2.28. The second-order valence-corrected chi connectivity index (χ2v) is 10.5. The first-order valence-corrected chi connectivity index (χ1v) is 12.2. The van der Waals surface area contributed by atoms with Gasteiger partial charge in [-0.05, 0) is 37.8 Å². The van der Waals surface area contributed by atoms with Gasteiger partial charge >= 0.3 is 0 Å². The number of amides is 1. The number of benzene rings is 1. The quantitative estimate of drug-likeness (QED) is 0.715. The molecule has 1 aliphatic heterocycles. The number of carbonyl (C=O) groups excluding carboxylic acids is 1. The lowest BCUT2D eigenvalue weighted by atomic mass is 9.99. The molecule has 1 aromatic heterocycles. The van der Waals surface area contributed by atoms with Gasteiger partial charge in [-0.1, -0.05) is 25.1 Å². The number of halogens is 1. The minimum Gasteiger partial charge on any atom is -0.302 e. The van der Waals surface area contributed by atoms with Crippen LogP contribution in [0.3, 0.4) is 0 Å². The highest BCUT2D eigenvalue weighted by atomic mass is 32.2. The maximum atomic E-state index is 13.9. The molecule has 9 heteroatoms. The second-order valence-electron chi connectivity index (χ2n) is 7.30. The molecular weight excluding hydrogens is 413 g/mol. The van der Waals surface area contributed by atoms with Crippen molar-refractivity contribution in [2.75, 3.05) is 24.2 Å². The summed E-state index contributed by atoms with van der Waals surface area (Å²) in [5.41, 5.74) is 1.34. The van der Waals surface area contributed by atoms with Gasteiger partial charge in [-0.3, -0.25) is 4.79 Å². The maximum absolute atomic E-state index is 13.9. The summed E-state index contributed by atoms with van der Waals surface area (Å²) in [6.07, 6.45) is 2.28. The molecule has 1 fully saturated rings. The Morgan fingerprint density at radius 2 is 2.14 bits per heavy atom. The lowest BCUT2D eigenvalue weighted by Crippen LogP contribution is -2.44. The fraction of sp³-hybridized carbons (Fsp3) is 0.500. The molecule has 1 N–H and O–H groups in total. The largest absolute Gasteiger partial charge is 0.302 e. The summed E-state index contributed by atoms with van der Waals surface area (Å²) in [7, 11) is -3.31. The Morgan fingerprint density at radius 3 is 2.86 bits per heavy atom. The molecule has 6 nitrogen and oxygen atoms in total. The number of hydrogen-bond donors (Lipinski definition) is 1. The van der Waals surface area contributed by atoms with Crippen molar-refractivity contribution in [2.24, 2.45) is 5.92 Å². The van der Waals surface area contributed by atoms with Gasteiger partial charge in [0.1, 0.15) is 5.82 Å². The van der Waals surface area contributed by atoms with Gasteiger partial charge in [-0.15, -0.1) is 11.3 Å². The molecule has 2 aromatic rings. The van der Waals surface area contributed by atoms with Crippen LogP contribution in [0.4, 0.5) is 9.52 Å². The fourth-order valence-electron chi connectivity index (χ4n) is 3.46. The molecular formula is C20H26FN3O3S2. The molecule has 1 saturated heterocycles. The summed E-state index contributed by atoms with van der Waals surface area (Å²) in [5, 5.41) is 3.30. The zero-order valence-corrected chi connectivity index (χ0v) is 18.3. The molecule has 1 unspecified atom stereocenters. The van der Waals surface area contributed by atoms with E-state index in [2.05, 4.69) is 10.3 Å². The van der Waals surface area contributed by atoms with Gasteiger partial charge in [-0.25, -0.2) is 22.1 Å². The van der Waals surface area contributed by atoms with E-state index in [-0.39, 0.29) is 24.0 Å². The van der Waals surface area contributed by atoms with Gasteiger partial charge < -0.3 is 5.32 Å². The number of rotatable bonds is 7. The molecule has 3 rings (SSSR count). The Kier molecular flexibility index (Phi) is 7.02. The molecule has 158 valence electrons. The first-order valence-electron chi connectivity index (χ1n) is 9.78. The number of aryl methyl sites for hydroxylation is 1. The van der Waals surface area contributed by atoms with E-state index in [4.69, 9.17) is 0 Å². The number of sulfonamides is 1. The van der Waals surface area contributed by atoms with Gasteiger partial charge in [0.15, 0.2) is 5.13 Å². The van der Waals surface area contributed by atoms with Crippen molar-refractivity contribution in [3.63, 3.8) is 0 Å². The first-order chi connectivity index (χ1) is 13.8. The Morgan fingerprint density at radius 1 is 1.38 bits per heavy atom. The minimum atomic E-state index is -3.31. The monoisotopic (exact) mass is 439 g/mol. The van der Waals surface area contributed by atoms with E-state index >= 15 is 0 Å². The van der Waals surface area contributed by atoms with Crippen LogP contribution in [0.2, 0.25) is 0 Å². The van der Waals surface area contributed by atoms with Crippen LogP contribution >= 0.6 is 11.3 Å². The van der Waals surface area contributed by atoms with Crippen molar-refractivity contribution in [2.45, 2.75) is 39.5 Å². The summed E-state index contributed by atoms with van der Waals surface area (Å²) >= 11 is 1.33. The van der Waals surface area contributed by atoms with E-state index in [0.717, 1.165) is 10.6 Å². The molecule has 0 bridgehead atoms. The number of thiazole rings is 1. The number of carbonyl (C=O) groups is 1. The first kappa shape index (κ1) is 21.9. The third-order valence-electron chi connectivity index (χ3n) is 5.04. The standard InChI is InChI=1S/C20H26FN3O3S2/c1-3-11-29(26,27)24-10-6-8-16(13-24)19(25)23-20-22-14(2)18(28-20)12-15-7-4-5-9-17(15)21/h4-5,7,9,16H,3,6,8,10-13H2,1-2H3,(H,22,23,25). The van der Waals surface area contributed by atoms with E-state index < -0.39 is 15.9 Å². The van der Waals surface area contributed by atoms with Gasteiger partial charge in [0, 0.05) is 24.4 Å². The Bertz CT molecular complexity index is 975. The Labute approximate surface area is 175 Å². The van der Waals surface area contributed by atoms with Gasteiger partial charge in [0.2, 0.25) is 15.9 Å². The van der Waals surface area contributed by atoms with E-state index in [1.807, 2.05) is 13.8 Å². The van der Waals surface area contributed by atoms with Crippen LogP contribution in [0, 0.1) is 18.7 Å². The highest BCUT2D eigenvalue weighted by molar-refractivity contribution is 7.89. The summed E-state index contributed by atoms with van der Waals surface area (Å²) in [6, 6.07) is 6.60. The van der Waals surface area contributed by atoms with Crippen LogP contribution in [-0.4, -0.2) is 42.5 Å². The van der Waals surface area contributed by atoms with Gasteiger partial charge in [0.05, 0.1) is 17.4 Å². The van der Waals surface area contributed by atoms with Crippen LogP contribution < -0.4 is 5.32 Å². The zero-order valence-electron chi connectivity index (χ0n) is 16.7. The lowest BCUT2D eigenvalue weighted by Gasteiger charge is -2.30. The molecule has 0 spiro atoms. The smallest absolute Gasteiger partial charge is 0.230 e. The topological polar surface area (TPSA) is 79.4 Å². The lowest BCUT2D eigenvalue weighted by molar-refractivity contribution is -0.120. The van der Waals surface area contributed by atoms with Crippen LogP contribution in [0.5, 0.6) is 0 Å². The van der Waals surface area contributed by atoms with Gasteiger partial charge in [-0.2, -0.15) is 0 Å². The van der Waals surface area contributed by atoms with E-state index in [1.54, 1.807) is 18.2 Å². The molecule has 1 aliphatic rings. The van der Waals surface area contributed by atoms with Crippen molar-refractivity contribution < 1.29 is 17.6 Å². The highest BCUT2D eigenvalue weighted by Gasteiger charge is 2.32. The van der Waals surface area contributed by atoms with Crippen LogP contribution in [-0.2, 0) is 21.2 Å². The average Bonchev–Trinajstić information content (AvgIpc) is 3.02. The van der Waals surface area contributed by atoms with E-state index in [1.165, 1.54) is 21.7 Å². The zero-order chi connectivity index (χ0) is 21.0. The SMILES string of the molecule is CCCS(=O)(=O)N1CCCC(C(=O)Nc2nc(C)c(Cc3ccccc3F)s2)C1. The van der Waals surface area contributed by atoms with Crippen LogP contribution in [0.25, 0.3) is 0 Å². The summed E-state index contributed by atoms with van der Waals surface area (Å²) in [4.78, 5) is 18.0. The van der Waals surface area contributed by atoms with Crippen molar-refractivity contribution in [3.05, 3.63) is 46.2 Å². The van der Waals surface area contributed by atoms with E-state index in [9.17, 15) is 17.6 Å². The van der Waals surface area contributed by atoms with Crippen LogP contribution in [0.1, 0.15) is 42.3 Å². The summed E-state index contributed by atoms with van der Waals surface area (Å²) in [6.45, 7) is 4.34. The third kappa shape index (κ3) is 5.40. The van der Waals surface area contributed by atoms with Crippen LogP contribution in [0.15, 0.2) is 24.3 Å². The number of hydrogen-bond acceptors (Lipinski definition) is 5. The Hall–Kier alpha value is -1.84. The Balaban J connectivity index is 1.66. The molecule has 1 atom stereocenters. The second kappa shape index (κ2) is 9.32. The summed E-state index contributed by atoms with van der Waals surface area (Å²) < 4.78 is 40.0. The fourth-order valence-corrected chi connectivity index (χ4v) is 6.04. The number of anilines is 1. The number of nitrogens with one attached hydrogen (secondary N) is 1. The average molecular weight is 440 g/mol. The molecule has 1 amide bonds. The van der Waals surface area contributed by atoms with Crippen molar-refractivity contribution >= 4 is 32.4 Å². The molecule has 0 aliphatic carbocycles. The summed E-state index contributed by atoms with van der Waals surface area (Å²) in [5.74, 6) is -0.768. The predicted octanol–water partition coefficient (Wildman–Crippen LogP) is 3.57. The third-order valence-corrected chi connectivity index (χ3v) is 8.16. The van der Waals surface area contributed by atoms with Crippen molar-refractivity contribution in [1.29, 1.82) is 0 Å². The maximum Gasteiger partial charge on any atom is 0.230 e. The normalized spacial score (nSPS) is 18.0. The van der Waals surface area contributed by atoms with Crippen molar-refractivity contribution in [3.8, 4) is 0 Å². The minimum absolute atomic E-state index is 0.104. The molecule has 0 saturated carbocycles. The molecule has 0 radical (unpaired) electrons. The van der Waals surface area contributed by atoms with Crippen molar-refractivity contribution in [1.82, 2.24) is 9.29 Å². The molecule has 1 aromatic carbocycles. The number of aromatic nitrogens is 1. The molecule has 2 heterocycles. The number of nitrogens with zero attached hydrogens (tertiary/aromatic N) is 2. The predicted molar refractivity (Wildman–Crippen MR) is 113 cm³/mol. The molecule has 29 heavy (non-hydrogen) atoms. The number of piperidine rings is 1.